The highest BCUT2D eigenvalue weighted by atomic mass is 16.5. The normalized spacial score (nSPS) is 12.1. The van der Waals surface area contributed by atoms with Gasteiger partial charge in [-0.2, -0.15) is 0 Å². The number of rotatable bonds is 4. The summed E-state index contributed by atoms with van der Waals surface area (Å²) < 4.78 is 4.99. The van der Waals surface area contributed by atoms with E-state index in [2.05, 4.69) is 13.2 Å². The molecule has 1 nitrogen and oxygen atoms in total. The topological polar surface area (TPSA) is 9.23 Å². The molecular formula is C7H12O. The quantitative estimate of drug-likeness (QED) is 0.400. The lowest BCUT2D eigenvalue weighted by Crippen LogP contribution is -2.01. The first-order valence-corrected chi connectivity index (χ1v) is 2.74. The zero-order valence-corrected chi connectivity index (χ0v) is 5.26. The Hall–Kier alpha value is -0.720. The largest absolute Gasteiger partial charge is 0.495 e. The Morgan fingerprint density at radius 3 is 2.38 bits per heavy atom. The predicted octanol–water partition coefficient (Wildman–Crippen LogP) is 2.11. The van der Waals surface area contributed by atoms with Crippen molar-refractivity contribution in [2.75, 3.05) is 0 Å². The van der Waals surface area contributed by atoms with Gasteiger partial charge >= 0.3 is 0 Å². The Morgan fingerprint density at radius 1 is 1.62 bits per heavy atom. The highest BCUT2D eigenvalue weighted by molar-refractivity contribution is 4.79. The van der Waals surface area contributed by atoms with Gasteiger partial charge in [-0.25, -0.2) is 0 Å². The molecule has 0 rings (SSSR count). The number of hydrogen-bond acceptors (Lipinski definition) is 1. The van der Waals surface area contributed by atoms with E-state index in [1.54, 1.807) is 6.08 Å². The van der Waals surface area contributed by atoms with Crippen molar-refractivity contribution in [3.63, 3.8) is 0 Å². The molecule has 1 heteroatoms. The van der Waals surface area contributed by atoms with Gasteiger partial charge in [-0.3, -0.25) is 0 Å². The lowest BCUT2D eigenvalue weighted by Gasteiger charge is -2.06. The molecule has 0 aliphatic heterocycles. The van der Waals surface area contributed by atoms with Gasteiger partial charge in [0.1, 0.15) is 6.10 Å². The Morgan fingerprint density at radius 2 is 2.25 bits per heavy atom. The molecule has 0 saturated heterocycles. The summed E-state index contributed by atoms with van der Waals surface area (Å²) in [6.07, 6.45) is 4.31. The summed E-state index contributed by atoms with van der Waals surface area (Å²) in [6.45, 7) is 9.04. The summed E-state index contributed by atoms with van der Waals surface area (Å²) in [5.41, 5.74) is 0. The van der Waals surface area contributed by atoms with Crippen molar-refractivity contribution >= 4 is 0 Å². The minimum absolute atomic E-state index is 0.146. The van der Waals surface area contributed by atoms with E-state index in [1.165, 1.54) is 6.26 Å². The SMILES string of the molecule is C=COC(C=C)CC. The maximum absolute atomic E-state index is 4.99. The average Bonchev–Trinajstić information content (AvgIpc) is 1.83. The molecule has 0 aromatic heterocycles. The van der Waals surface area contributed by atoms with Crippen LogP contribution in [0.25, 0.3) is 0 Å². The molecule has 0 aromatic carbocycles. The van der Waals surface area contributed by atoms with Crippen molar-refractivity contribution in [3.05, 3.63) is 25.5 Å². The van der Waals surface area contributed by atoms with Crippen LogP contribution < -0.4 is 0 Å². The lowest BCUT2D eigenvalue weighted by molar-refractivity contribution is 0.184. The van der Waals surface area contributed by atoms with E-state index in [-0.39, 0.29) is 6.10 Å². The second kappa shape index (κ2) is 4.44. The van der Waals surface area contributed by atoms with Crippen LogP contribution in [0.4, 0.5) is 0 Å². The summed E-state index contributed by atoms with van der Waals surface area (Å²) in [7, 11) is 0. The fourth-order valence-electron chi connectivity index (χ4n) is 0.442. The van der Waals surface area contributed by atoms with E-state index in [9.17, 15) is 0 Å². The van der Waals surface area contributed by atoms with Crippen LogP contribution in [0.15, 0.2) is 25.5 Å². The van der Waals surface area contributed by atoms with Gasteiger partial charge in [0, 0.05) is 0 Å². The third kappa shape index (κ3) is 2.45. The first-order chi connectivity index (χ1) is 3.85. The molecule has 0 fully saturated rings. The van der Waals surface area contributed by atoms with Crippen LogP contribution in [-0.2, 0) is 4.74 Å². The van der Waals surface area contributed by atoms with E-state index in [4.69, 9.17) is 4.74 Å². The maximum Gasteiger partial charge on any atom is 0.115 e. The molecule has 1 atom stereocenters. The van der Waals surface area contributed by atoms with Gasteiger partial charge in [0.05, 0.1) is 6.26 Å². The molecule has 0 bridgehead atoms. The highest BCUT2D eigenvalue weighted by Gasteiger charge is 1.94. The van der Waals surface area contributed by atoms with Crippen LogP contribution in [0.5, 0.6) is 0 Å². The average molecular weight is 112 g/mol. The van der Waals surface area contributed by atoms with Gasteiger partial charge in [-0.15, -0.1) is 0 Å². The van der Waals surface area contributed by atoms with Gasteiger partial charge in [0.15, 0.2) is 0 Å². The zero-order valence-electron chi connectivity index (χ0n) is 5.26. The molecule has 0 aliphatic carbocycles. The Bertz CT molecular complexity index is 76.5. The summed E-state index contributed by atoms with van der Waals surface area (Å²) >= 11 is 0. The first kappa shape index (κ1) is 7.28. The van der Waals surface area contributed by atoms with Gasteiger partial charge in [-0.1, -0.05) is 26.2 Å². The first-order valence-electron chi connectivity index (χ1n) is 2.74. The van der Waals surface area contributed by atoms with Crippen molar-refractivity contribution < 1.29 is 4.74 Å². The molecule has 0 heterocycles. The molecule has 0 amide bonds. The molecular weight excluding hydrogens is 100 g/mol. The molecule has 0 spiro atoms. The molecule has 0 aliphatic rings. The van der Waals surface area contributed by atoms with Gasteiger partial charge in [-0.05, 0) is 6.42 Å². The van der Waals surface area contributed by atoms with Crippen molar-refractivity contribution in [1.82, 2.24) is 0 Å². The van der Waals surface area contributed by atoms with Crippen LogP contribution in [0.2, 0.25) is 0 Å². The fourth-order valence-corrected chi connectivity index (χ4v) is 0.442. The minimum Gasteiger partial charge on any atom is -0.495 e. The van der Waals surface area contributed by atoms with Crippen molar-refractivity contribution in [1.29, 1.82) is 0 Å². The van der Waals surface area contributed by atoms with E-state index in [1.807, 2.05) is 6.92 Å². The monoisotopic (exact) mass is 112 g/mol. The minimum atomic E-state index is 0.146. The standard InChI is InChI=1S/C7H12O/c1-4-7(5-2)8-6-3/h4,6-7H,1,3,5H2,2H3. The van der Waals surface area contributed by atoms with Crippen molar-refractivity contribution in [2.24, 2.45) is 0 Å². The summed E-state index contributed by atoms with van der Waals surface area (Å²) in [6, 6.07) is 0. The Labute approximate surface area is 50.7 Å². The van der Waals surface area contributed by atoms with Crippen LogP contribution >= 0.6 is 0 Å². The van der Waals surface area contributed by atoms with Gasteiger partial charge in [0.2, 0.25) is 0 Å². The van der Waals surface area contributed by atoms with Crippen LogP contribution in [0, 0.1) is 0 Å². The zero-order chi connectivity index (χ0) is 6.41. The fraction of sp³-hybridized carbons (Fsp3) is 0.429. The third-order valence-corrected chi connectivity index (χ3v) is 0.936. The van der Waals surface area contributed by atoms with E-state index in [0.29, 0.717) is 0 Å². The van der Waals surface area contributed by atoms with Gasteiger partial charge < -0.3 is 4.74 Å². The second-order valence-corrected chi connectivity index (χ2v) is 1.49. The predicted molar refractivity (Wildman–Crippen MR) is 35.6 cm³/mol. The van der Waals surface area contributed by atoms with Crippen molar-refractivity contribution in [3.8, 4) is 0 Å². The molecule has 0 radical (unpaired) electrons. The summed E-state index contributed by atoms with van der Waals surface area (Å²) in [5.74, 6) is 0. The second-order valence-electron chi connectivity index (χ2n) is 1.49. The number of ether oxygens (including phenoxy) is 1. The van der Waals surface area contributed by atoms with Gasteiger partial charge in [0.25, 0.3) is 0 Å². The highest BCUT2D eigenvalue weighted by Crippen LogP contribution is 1.97. The summed E-state index contributed by atoms with van der Waals surface area (Å²) in [5, 5.41) is 0. The van der Waals surface area contributed by atoms with Crippen LogP contribution in [0.3, 0.4) is 0 Å². The maximum atomic E-state index is 4.99. The Kier molecular flexibility index (Phi) is 4.04. The van der Waals surface area contributed by atoms with Crippen LogP contribution in [0.1, 0.15) is 13.3 Å². The smallest absolute Gasteiger partial charge is 0.115 e. The molecule has 46 valence electrons. The summed E-state index contributed by atoms with van der Waals surface area (Å²) in [4.78, 5) is 0. The number of hydrogen-bond donors (Lipinski definition) is 0. The molecule has 8 heavy (non-hydrogen) atoms. The van der Waals surface area contributed by atoms with Crippen LogP contribution in [-0.4, -0.2) is 6.10 Å². The van der Waals surface area contributed by atoms with E-state index < -0.39 is 0 Å². The molecule has 0 aromatic rings. The molecule has 0 saturated carbocycles. The Balaban J connectivity index is 3.35. The molecule has 1 unspecified atom stereocenters. The molecule has 0 N–H and O–H groups in total. The lowest BCUT2D eigenvalue weighted by atomic mass is 10.3. The van der Waals surface area contributed by atoms with E-state index in [0.717, 1.165) is 6.42 Å². The van der Waals surface area contributed by atoms with Crippen molar-refractivity contribution in [2.45, 2.75) is 19.4 Å². The van der Waals surface area contributed by atoms with E-state index >= 15 is 0 Å². The third-order valence-electron chi connectivity index (χ3n) is 0.936.